The van der Waals surface area contributed by atoms with Crippen LogP contribution >= 0.6 is 0 Å². The van der Waals surface area contributed by atoms with E-state index in [4.69, 9.17) is 0 Å². The van der Waals surface area contributed by atoms with Crippen LogP contribution in [0.2, 0.25) is 0 Å². The van der Waals surface area contributed by atoms with Crippen molar-refractivity contribution in [3.8, 4) is 11.1 Å². The third-order valence-corrected chi connectivity index (χ3v) is 17.2. The van der Waals surface area contributed by atoms with Gasteiger partial charge in [0.25, 0.3) is 6.71 Å². The molecule has 0 saturated heterocycles. The Morgan fingerprint density at radius 2 is 0.986 bits per heavy atom. The van der Waals surface area contributed by atoms with Gasteiger partial charge in [-0.05, 0) is 176 Å². The zero-order valence-electron chi connectivity index (χ0n) is 44.0. The zero-order valence-corrected chi connectivity index (χ0v) is 44.0. The van der Waals surface area contributed by atoms with E-state index in [1.54, 1.807) is 0 Å². The highest BCUT2D eigenvalue weighted by Crippen LogP contribution is 2.64. The minimum absolute atomic E-state index is 0.00713. The summed E-state index contributed by atoms with van der Waals surface area (Å²) < 4.78 is 0. The molecule has 3 nitrogen and oxygen atoms in total. The van der Waals surface area contributed by atoms with Crippen molar-refractivity contribution in [2.75, 3.05) is 14.7 Å². The first-order valence-corrected chi connectivity index (χ1v) is 26.1. The molecule has 2 unspecified atom stereocenters. The van der Waals surface area contributed by atoms with E-state index in [9.17, 15) is 0 Å². The first kappa shape index (κ1) is 45.4. The minimum atomic E-state index is -0.356. The number of aryl methyl sites for hydroxylation is 2. The quantitative estimate of drug-likeness (QED) is 0.163. The van der Waals surface area contributed by atoms with Crippen molar-refractivity contribution in [1.29, 1.82) is 0 Å². The molecular weight excluding hydrogens is 858 g/mol. The molecule has 354 valence electrons. The molecule has 0 spiro atoms. The van der Waals surface area contributed by atoms with Gasteiger partial charge in [0, 0.05) is 50.9 Å². The summed E-state index contributed by atoms with van der Waals surface area (Å²) in [4.78, 5) is 7.91. The van der Waals surface area contributed by atoms with Crippen molar-refractivity contribution in [1.82, 2.24) is 0 Å². The maximum absolute atomic E-state index is 2.74. The van der Waals surface area contributed by atoms with E-state index in [-0.39, 0.29) is 33.9 Å². The molecule has 0 fully saturated rings. The van der Waals surface area contributed by atoms with Crippen LogP contribution < -0.4 is 31.1 Å². The lowest BCUT2D eigenvalue weighted by Gasteiger charge is -2.51. The highest BCUT2D eigenvalue weighted by atomic mass is 15.3. The number of fused-ring (bicyclic) bond motifs is 9. The van der Waals surface area contributed by atoms with Crippen LogP contribution in [-0.4, -0.2) is 6.71 Å². The minimum Gasteiger partial charge on any atom is -0.330 e. The Labute approximate surface area is 424 Å². The fraction of sp³-hybridized carbons (Fsp3) is 0.284. The van der Waals surface area contributed by atoms with E-state index < -0.39 is 0 Å². The lowest BCUT2D eigenvalue weighted by atomic mass is 9.33. The summed E-state index contributed by atoms with van der Waals surface area (Å²) in [5.74, 6) is 0. The third-order valence-electron chi connectivity index (χ3n) is 17.2. The highest BCUT2D eigenvalue weighted by molar-refractivity contribution is 7.00. The average Bonchev–Trinajstić information content (AvgIpc) is 3.56. The van der Waals surface area contributed by atoms with Crippen LogP contribution in [0, 0.1) is 6.92 Å². The average molecular weight is 926 g/mol. The lowest BCUT2D eigenvalue weighted by molar-refractivity contribution is 0.245. The predicted molar refractivity (Wildman–Crippen MR) is 305 cm³/mol. The molecule has 0 saturated carbocycles. The van der Waals surface area contributed by atoms with Crippen molar-refractivity contribution in [3.63, 3.8) is 0 Å². The second-order valence-corrected chi connectivity index (χ2v) is 24.7. The van der Waals surface area contributed by atoms with Gasteiger partial charge in [-0.15, -0.1) is 0 Å². The summed E-state index contributed by atoms with van der Waals surface area (Å²) in [6.07, 6.45) is 2.13. The van der Waals surface area contributed by atoms with E-state index in [1.807, 2.05) is 0 Å². The number of anilines is 8. The summed E-state index contributed by atoms with van der Waals surface area (Å²) in [6.45, 7) is 28.3. The number of nitrogens with zero attached hydrogens (tertiary/aromatic N) is 3. The molecule has 0 amide bonds. The van der Waals surface area contributed by atoms with Crippen molar-refractivity contribution in [2.24, 2.45) is 0 Å². The van der Waals surface area contributed by atoms with E-state index in [1.165, 1.54) is 112 Å². The van der Waals surface area contributed by atoms with Crippen LogP contribution in [-0.2, 0) is 33.6 Å². The van der Waals surface area contributed by atoms with Crippen LogP contribution in [0.3, 0.4) is 0 Å². The molecule has 0 bridgehead atoms. The van der Waals surface area contributed by atoms with Crippen LogP contribution in [0.5, 0.6) is 0 Å². The predicted octanol–water partition coefficient (Wildman–Crippen LogP) is 15.9. The van der Waals surface area contributed by atoms with Gasteiger partial charge in [-0.2, -0.15) is 0 Å². The Kier molecular flexibility index (Phi) is 9.98. The van der Waals surface area contributed by atoms with Gasteiger partial charge >= 0.3 is 0 Å². The van der Waals surface area contributed by atoms with Crippen molar-refractivity contribution in [3.05, 3.63) is 209 Å². The summed E-state index contributed by atoms with van der Waals surface area (Å²) in [7, 11) is 0. The van der Waals surface area contributed by atoms with Gasteiger partial charge in [-0.3, -0.25) is 0 Å². The van der Waals surface area contributed by atoms with E-state index in [0.29, 0.717) is 0 Å². The van der Waals surface area contributed by atoms with Gasteiger partial charge in [0.15, 0.2) is 0 Å². The highest BCUT2D eigenvalue weighted by Gasteiger charge is 2.60. The number of rotatable bonds is 4. The monoisotopic (exact) mass is 926 g/mol. The zero-order chi connectivity index (χ0) is 49.6. The molecule has 4 heteroatoms. The first-order valence-electron chi connectivity index (χ1n) is 26.1. The van der Waals surface area contributed by atoms with Crippen LogP contribution in [0.4, 0.5) is 45.5 Å². The van der Waals surface area contributed by atoms with Crippen molar-refractivity contribution < 1.29 is 0 Å². The molecule has 71 heavy (non-hydrogen) atoms. The fourth-order valence-electron chi connectivity index (χ4n) is 13.0. The standard InChI is InChI=1S/C67H68BN3/c1-43-38-60-62-61(39-43)70(51-30-25-48(26-31-51)64(5,6)7)59-42-52(32-33-55(59)68(62)56-41-49(65(8,9)10)27-35-58(56)69(60)50-28-23-47(24-29-50)63(2,3)4)71-57-34-22-46(44-18-14-13-15-19-44)40-54(57)66(11)37-36-45-20-16-17-21-53(45)67(66,71)12/h13-35,38-42H,36-37H2,1-12H3. The molecule has 4 aliphatic rings. The number of hydrogen-bond donors (Lipinski definition) is 0. The molecule has 0 radical (unpaired) electrons. The van der Waals surface area contributed by atoms with Crippen molar-refractivity contribution >= 4 is 68.6 Å². The molecular formula is C67H68BN3. The normalized spacial score (nSPS) is 18.9. The lowest BCUT2D eigenvalue weighted by Crippen LogP contribution is -2.61. The molecule has 3 aliphatic heterocycles. The molecule has 8 aromatic rings. The van der Waals surface area contributed by atoms with Gasteiger partial charge < -0.3 is 14.7 Å². The summed E-state index contributed by atoms with van der Waals surface area (Å²) >= 11 is 0. The Morgan fingerprint density at radius 1 is 0.437 bits per heavy atom. The molecule has 0 N–H and O–H groups in total. The molecule has 1 aliphatic carbocycles. The van der Waals surface area contributed by atoms with E-state index in [2.05, 4.69) is 268 Å². The molecule has 12 rings (SSSR count). The van der Waals surface area contributed by atoms with Gasteiger partial charge in [0.2, 0.25) is 0 Å². The van der Waals surface area contributed by atoms with Gasteiger partial charge in [0.05, 0.1) is 5.54 Å². The first-order chi connectivity index (χ1) is 33.8. The molecule has 2 atom stereocenters. The SMILES string of the molecule is Cc1cc2c3c(c1)N(c1ccc(C(C)(C)C)cc1)c1cc(N4c5ccc(-c6ccccc6)cc5C5(C)CCc6ccccc6C45C)ccc1B3c1cc(C(C)(C)C)ccc1N2c1ccc(C(C)(C)C)cc1. The summed E-state index contributed by atoms with van der Waals surface area (Å²) in [6, 6.07) is 66.1. The molecule has 3 heterocycles. The Morgan fingerprint density at radius 3 is 1.61 bits per heavy atom. The smallest absolute Gasteiger partial charge is 0.252 e. The Hall–Kier alpha value is -6.78. The molecule has 0 aromatic heterocycles. The van der Waals surface area contributed by atoms with E-state index >= 15 is 0 Å². The number of benzene rings is 8. The van der Waals surface area contributed by atoms with Crippen molar-refractivity contribution in [2.45, 2.75) is 123 Å². The van der Waals surface area contributed by atoms with Crippen LogP contribution in [0.25, 0.3) is 11.1 Å². The largest absolute Gasteiger partial charge is 0.330 e. The molecule has 8 aromatic carbocycles. The van der Waals surface area contributed by atoms with Gasteiger partial charge in [-0.25, -0.2) is 0 Å². The summed E-state index contributed by atoms with van der Waals surface area (Å²) in [5, 5.41) is 0. The summed E-state index contributed by atoms with van der Waals surface area (Å²) in [5.41, 5.74) is 25.5. The second-order valence-electron chi connectivity index (χ2n) is 24.7. The number of hydrogen-bond acceptors (Lipinski definition) is 3. The van der Waals surface area contributed by atoms with E-state index in [0.717, 1.165) is 12.8 Å². The Balaban J connectivity index is 1.13. The van der Waals surface area contributed by atoms with Gasteiger partial charge in [0.1, 0.15) is 0 Å². The second kappa shape index (κ2) is 15.6. The third kappa shape index (κ3) is 6.83. The maximum Gasteiger partial charge on any atom is 0.252 e. The maximum atomic E-state index is 2.74. The van der Waals surface area contributed by atoms with Gasteiger partial charge in [-0.1, -0.05) is 172 Å². The Bertz CT molecular complexity index is 3420. The van der Waals surface area contributed by atoms with Crippen LogP contribution in [0.1, 0.15) is 122 Å². The topological polar surface area (TPSA) is 9.72 Å². The van der Waals surface area contributed by atoms with Crippen LogP contribution in [0.15, 0.2) is 170 Å². The fourth-order valence-corrected chi connectivity index (χ4v) is 13.0.